The lowest BCUT2D eigenvalue weighted by Gasteiger charge is -2.11. The van der Waals surface area contributed by atoms with E-state index in [1.807, 2.05) is 0 Å². The van der Waals surface area contributed by atoms with Gasteiger partial charge in [0.2, 0.25) is 11.8 Å². The predicted molar refractivity (Wildman–Crippen MR) is 93.2 cm³/mol. The lowest BCUT2D eigenvalue weighted by atomic mass is 10.1. The van der Waals surface area contributed by atoms with E-state index in [-0.39, 0.29) is 36.7 Å². The third-order valence-corrected chi connectivity index (χ3v) is 5.89. The third-order valence-electron chi connectivity index (χ3n) is 3.80. The van der Waals surface area contributed by atoms with E-state index in [0.717, 1.165) is 0 Å². The van der Waals surface area contributed by atoms with Gasteiger partial charge in [0.05, 0.1) is 23.1 Å². The monoisotopic (exact) mass is 386 g/mol. The molecule has 1 aromatic rings. The first-order valence-corrected chi connectivity index (χ1v) is 10.0. The summed E-state index contributed by atoms with van der Waals surface area (Å²) in [7, 11) is -3.07. The summed E-state index contributed by atoms with van der Waals surface area (Å²) in [4.78, 5) is 35.4. The molecule has 1 unspecified atom stereocenters. The molecular weight excluding hydrogens is 368 g/mol. The van der Waals surface area contributed by atoms with Crippen LogP contribution in [0, 0.1) is 0 Å². The van der Waals surface area contributed by atoms with Crippen molar-refractivity contribution < 1.29 is 22.8 Å². The summed E-state index contributed by atoms with van der Waals surface area (Å²) in [5, 5.41) is 5.32. The normalized spacial score (nSPS) is 18.5. The molecule has 1 fully saturated rings. The number of halogens is 1. The van der Waals surface area contributed by atoms with Crippen LogP contribution in [0.2, 0.25) is 5.02 Å². The fourth-order valence-corrected chi connectivity index (χ4v) is 4.42. The summed E-state index contributed by atoms with van der Waals surface area (Å²) in [6.07, 6.45) is 0.307. The Hall–Kier alpha value is -1.93. The van der Waals surface area contributed by atoms with Crippen LogP contribution in [-0.4, -0.2) is 50.1 Å². The fourth-order valence-electron chi connectivity index (χ4n) is 2.50. The van der Waals surface area contributed by atoms with Crippen molar-refractivity contribution in [2.24, 2.45) is 0 Å². The Morgan fingerprint density at radius 2 is 1.84 bits per heavy atom. The van der Waals surface area contributed by atoms with Crippen molar-refractivity contribution >= 4 is 39.0 Å². The number of benzene rings is 1. The smallest absolute Gasteiger partial charge is 0.239 e. The molecule has 1 saturated heterocycles. The molecule has 1 atom stereocenters. The molecule has 1 aromatic carbocycles. The van der Waals surface area contributed by atoms with Gasteiger partial charge in [0.15, 0.2) is 15.6 Å². The topological polar surface area (TPSA) is 109 Å². The number of hydrogen-bond donors (Lipinski definition) is 2. The zero-order valence-corrected chi connectivity index (χ0v) is 15.0. The van der Waals surface area contributed by atoms with E-state index in [1.165, 1.54) is 0 Å². The van der Waals surface area contributed by atoms with Crippen molar-refractivity contribution in [2.75, 3.05) is 18.1 Å². The van der Waals surface area contributed by atoms with Crippen molar-refractivity contribution in [1.29, 1.82) is 0 Å². The van der Waals surface area contributed by atoms with Crippen LogP contribution >= 0.6 is 11.6 Å². The van der Waals surface area contributed by atoms with E-state index in [1.54, 1.807) is 24.3 Å². The number of carbonyl (C=O) groups is 3. The number of sulfone groups is 1. The number of amides is 2. The second kappa shape index (κ2) is 8.44. The maximum Gasteiger partial charge on any atom is 0.239 e. The summed E-state index contributed by atoms with van der Waals surface area (Å²) >= 11 is 5.92. The highest BCUT2D eigenvalue weighted by molar-refractivity contribution is 7.91. The van der Waals surface area contributed by atoms with Gasteiger partial charge in [0, 0.05) is 24.4 Å². The predicted octanol–water partition coefficient (Wildman–Crippen LogP) is 0.722. The average molecular weight is 387 g/mol. The Bertz CT molecular complexity index is 778. The number of ketones is 1. The molecule has 1 aliphatic rings. The standard InChI is InChI=1S/C16H19ClN2O5S/c17-13-4-2-1-3-12(13)14(20)5-6-15(21)18-9-16(22)19-11-7-8-25(23,24)10-11/h1-4,11H,5-10H2,(H,18,21)(H,19,22). The summed E-state index contributed by atoms with van der Waals surface area (Å²) in [6.45, 7) is -0.254. The molecule has 136 valence electrons. The van der Waals surface area contributed by atoms with Gasteiger partial charge in [-0.05, 0) is 18.6 Å². The highest BCUT2D eigenvalue weighted by atomic mass is 35.5. The van der Waals surface area contributed by atoms with Crippen LogP contribution in [0.5, 0.6) is 0 Å². The fraction of sp³-hybridized carbons (Fsp3) is 0.438. The Labute approximate surface area is 151 Å². The van der Waals surface area contributed by atoms with Gasteiger partial charge in [-0.25, -0.2) is 8.42 Å². The Balaban J connectivity index is 1.69. The van der Waals surface area contributed by atoms with Crippen molar-refractivity contribution in [3.63, 3.8) is 0 Å². The Morgan fingerprint density at radius 3 is 2.48 bits per heavy atom. The largest absolute Gasteiger partial charge is 0.351 e. The second-order valence-corrected chi connectivity index (χ2v) is 8.48. The van der Waals surface area contributed by atoms with E-state index < -0.39 is 27.7 Å². The van der Waals surface area contributed by atoms with E-state index >= 15 is 0 Å². The van der Waals surface area contributed by atoms with Gasteiger partial charge >= 0.3 is 0 Å². The van der Waals surface area contributed by atoms with Gasteiger partial charge in [0.1, 0.15) is 0 Å². The van der Waals surface area contributed by atoms with Gasteiger partial charge in [0.25, 0.3) is 0 Å². The van der Waals surface area contributed by atoms with Crippen LogP contribution in [-0.2, 0) is 19.4 Å². The minimum absolute atomic E-state index is 0.0158. The molecule has 1 heterocycles. The van der Waals surface area contributed by atoms with Crippen molar-refractivity contribution in [2.45, 2.75) is 25.3 Å². The van der Waals surface area contributed by atoms with Crippen LogP contribution in [0.15, 0.2) is 24.3 Å². The molecule has 0 saturated carbocycles. The quantitative estimate of drug-likeness (QED) is 0.671. The van der Waals surface area contributed by atoms with Crippen LogP contribution in [0.25, 0.3) is 0 Å². The van der Waals surface area contributed by atoms with Crippen LogP contribution < -0.4 is 10.6 Å². The third kappa shape index (κ3) is 6.13. The number of carbonyl (C=O) groups excluding carboxylic acids is 3. The average Bonchev–Trinajstić information content (AvgIpc) is 2.89. The zero-order valence-electron chi connectivity index (χ0n) is 13.5. The molecule has 7 nitrogen and oxygen atoms in total. The summed E-state index contributed by atoms with van der Waals surface area (Å²) in [6, 6.07) is 6.18. The molecule has 1 aliphatic heterocycles. The van der Waals surface area contributed by atoms with Gasteiger partial charge in [-0.15, -0.1) is 0 Å². The van der Waals surface area contributed by atoms with Crippen molar-refractivity contribution in [3.8, 4) is 0 Å². The van der Waals surface area contributed by atoms with Crippen LogP contribution in [0.4, 0.5) is 0 Å². The Kier molecular flexibility index (Phi) is 6.55. The maximum atomic E-state index is 12.0. The number of hydrogen-bond acceptors (Lipinski definition) is 5. The molecular formula is C16H19ClN2O5S. The van der Waals surface area contributed by atoms with E-state index in [2.05, 4.69) is 10.6 Å². The summed E-state index contributed by atoms with van der Waals surface area (Å²) in [5.74, 6) is -1.14. The molecule has 2 amide bonds. The molecule has 0 aromatic heterocycles. The van der Waals surface area contributed by atoms with Crippen molar-refractivity contribution in [1.82, 2.24) is 10.6 Å². The van der Waals surface area contributed by atoms with Gasteiger partial charge in [-0.2, -0.15) is 0 Å². The lowest BCUT2D eigenvalue weighted by molar-refractivity contribution is -0.126. The molecule has 0 radical (unpaired) electrons. The SMILES string of the molecule is O=C(CCC(=O)c1ccccc1Cl)NCC(=O)NC1CCS(=O)(=O)C1. The van der Waals surface area contributed by atoms with Crippen LogP contribution in [0.1, 0.15) is 29.6 Å². The van der Waals surface area contributed by atoms with Crippen molar-refractivity contribution in [3.05, 3.63) is 34.9 Å². The van der Waals surface area contributed by atoms with Gasteiger partial charge < -0.3 is 10.6 Å². The molecule has 2 rings (SSSR count). The molecule has 25 heavy (non-hydrogen) atoms. The molecule has 9 heteroatoms. The van der Waals surface area contributed by atoms with Gasteiger partial charge in [-0.1, -0.05) is 23.7 Å². The maximum absolute atomic E-state index is 12.0. The van der Waals surface area contributed by atoms with E-state index in [4.69, 9.17) is 11.6 Å². The lowest BCUT2D eigenvalue weighted by Crippen LogP contribution is -2.42. The molecule has 2 N–H and O–H groups in total. The highest BCUT2D eigenvalue weighted by Crippen LogP contribution is 2.17. The first-order chi connectivity index (χ1) is 11.8. The Morgan fingerprint density at radius 1 is 1.12 bits per heavy atom. The number of nitrogens with one attached hydrogen (secondary N) is 2. The zero-order chi connectivity index (χ0) is 18.4. The number of Topliss-reactive ketones (excluding diaryl/α,β-unsaturated/α-hetero) is 1. The minimum atomic E-state index is -3.07. The highest BCUT2D eigenvalue weighted by Gasteiger charge is 2.28. The molecule has 0 aliphatic carbocycles. The second-order valence-electron chi connectivity index (χ2n) is 5.85. The molecule has 0 bridgehead atoms. The number of rotatable bonds is 7. The first-order valence-electron chi connectivity index (χ1n) is 7.81. The first kappa shape index (κ1) is 19.4. The molecule has 0 spiro atoms. The van der Waals surface area contributed by atoms with E-state index in [0.29, 0.717) is 17.0 Å². The van der Waals surface area contributed by atoms with Gasteiger partial charge in [-0.3, -0.25) is 14.4 Å². The summed E-state index contributed by atoms with van der Waals surface area (Å²) in [5.41, 5.74) is 0.358. The summed E-state index contributed by atoms with van der Waals surface area (Å²) < 4.78 is 22.6. The van der Waals surface area contributed by atoms with E-state index in [9.17, 15) is 22.8 Å². The minimum Gasteiger partial charge on any atom is -0.351 e. The van der Waals surface area contributed by atoms with Crippen LogP contribution in [0.3, 0.4) is 0 Å².